The Morgan fingerprint density at radius 3 is 2.55 bits per heavy atom. The van der Waals surface area contributed by atoms with Crippen molar-refractivity contribution in [3.05, 3.63) is 35.3 Å². The third-order valence-electron chi connectivity index (χ3n) is 2.44. The quantitative estimate of drug-likeness (QED) is 0.820. The number of nitrogens with one attached hydrogen (secondary N) is 1. The van der Waals surface area contributed by atoms with E-state index < -0.39 is 5.51 Å². The number of halogens is 3. The Labute approximate surface area is 123 Å². The van der Waals surface area contributed by atoms with E-state index in [1.807, 2.05) is 6.92 Å². The van der Waals surface area contributed by atoms with Crippen LogP contribution in [0.2, 0.25) is 0 Å². The van der Waals surface area contributed by atoms with Crippen molar-refractivity contribution in [2.24, 2.45) is 0 Å². The van der Waals surface area contributed by atoms with Crippen LogP contribution in [0.5, 0.6) is 0 Å². The van der Waals surface area contributed by atoms with E-state index in [9.17, 15) is 13.2 Å². The lowest BCUT2D eigenvalue weighted by Gasteiger charge is -2.05. The average molecular weight is 318 g/mol. The second-order valence-electron chi connectivity index (χ2n) is 3.98. The van der Waals surface area contributed by atoms with Crippen LogP contribution >= 0.6 is 23.1 Å². The summed E-state index contributed by atoms with van der Waals surface area (Å²) in [5, 5.41) is 4.03. The van der Waals surface area contributed by atoms with Crippen molar-refractivity contribution in [2.75, 3.05) is 6.54 Å². The van der Waals surface area contributed by atoms with Crippen LogP contribution in [0, 0.1) is 0 Å². The molecule has 0 saturated carbocycles. The van der Waals surface area contributed by atoms with Gasteiger partial charge in [-0.25, -0.2) is 4.98 Å². The van der Waals surface area contributed by atoms with Gasteiger partial charge in [-0.2, -0.15) is 13.2 Å². The van der Waals surface area contributed by atoms with Gasteiger partial charge in [0, 0.05) is 28.1 Å². The molecule has 2 aromatic rings. The molecule has 1 N–H and O–H groups in total. The summed E-state index contributed by atoms with van der Waals surface area (Å²) in [5.74, 6) is 0. The highest BCUT2D eigenvalue weighted by Gasteiger charge is 2.29. The smallest absolute Gasteiger partial charge is 0.312 e. The molecule has 108 valence electrons. The number of benzene rings is 1. The highest BCUT2D eigenvalue weighted by atomic mass is 32.2. The van der Waals surface area contributed by atoms with E-state index in [0.29, 0.717) is 0 Å². The van der Waals surface area contributed by atoms with Crippen LogP contribution in [0.1, 0.15) is 11.8 Å². The van der Waals surface area contributed by atoms with Crippen molar-refractivity contribution < 1.29 is 13.2 Å². The average Bonchev–Trinajstić information content (AvgIpc) is 2.84. The van der Waals surface area contributed by atoms with Gasteiger partial charge in [-0.3, -0.25) is 0 Å². The highest BCUT2D eigenvalue weighted by Crippen LogP contribution is 2.37. The second kappa shape index (κ2) is 6.60. The molecule has 0 amide bonds. The number of hydrogen-bond donors (Lipinski definition) is 1. The van der Waals surface area contributed by atoms with Crippen LogP contribution in [-0.4, -0.2) is 17.0 Å². The minimum Gasteiger partial charge on any atom is -0.312 e. The van der Waals surface area contributed by atoms with Gasteiger partial charge in [-0.1, -0.05) is 19.1 Å². The minimum absolute atomic E-state index is 0.106. The van der Waals surface area contributed by atoms with Gasteiger partial charge < -0.3 is 5.32 Å². The SMILES string of the molecule is CCNCc1cnc(-c2ccc(SC(F)(F)F)cc2)s1. The molecule has 0 aliphatic rings. The number of thioether (sulfide) groups is 1. The fourth-order valence-electron chi connectivity index (χ4n) is 1.57. The zero-order valence-corrected chi connectivity index (χ0v) is 12.3. The molecule has 20 heavy (non-hydrogen) atoms. The summed E-state index contributed by atoms with van der Waals surface area (Å²) in [4.78, 5) is 5.59. The molecule has 2 rings (SSSR count). The van der Waals surface area contributed by atoms with Gasteiger partial charge in [0.1, 0.15) is 5.01 Å². The predicted molar refractivity (Wildman–Crippen MR) is 76.8 cm³/mol. The number of hydrogen-bond acceptors (Lipinski definition) is 4. The fraction of sp³-hybridized carbons (Fsp3) is 0.308. The molecule has 0 saturated heterocycles. The van der Waals surface area contributed by atoms with Crippen LogP contribution < -0.4 is 5.32 Å². The molecule has 0 aliphatic heterocycles. The Balaban J connectivity index is 2.07. The maximum absolute atomic E-state index is 12.2. The number of alkyl halides is 3. The predicted octanol–water partition coefficient (Wildman–Crippen LogP) is 4.53. The van der Waals surface area contributed by atoms with Crippen LogP contribution in [0.25, 0.3) is 10.6 Å². The van der Waals surface area contributed by atoms with E-state index in [1.165, 1.54) is 12.1 Å². The second-order valence-corrected chi connectivity index (χ2v) is 6.24. The first-order valence-electron chi connectivity index (χ1n) is 5.99. The zero-order valence-electron chi connectivity index (χ0n) is 10.7. The third-order valence-corrected chi connectivity index (χ3v) is 4.22. The Hall–Kier alpha value is -1.05. The molecular formula is C13H13F3N2S2. The first-order valence-corrected chi connectivity index (χ1v) is 7.63. The number of thiazole rings is 1. The molecule has 7 heteroatoms. The minimum atomic E-state index is -4.25. The molecule has 0 atom stereocenters. The standard InChI is InChI=1S/C13H13F3N2S2/c1-2-17-7-11-8-18-12(19-11)9-3-5-10(6-4-9)20-13(14,15)16/h3-6,8,17H,2,7H2,1H3. The van der Waals surface area contributed by atoms with Gasteiger partial charge in [0.25, 0.3) is 0 Å². The Morgan fingerprint density at radius 2 is 1.95 bits per heavy atom. The summed E-state index contributed by atoms with van der Waals surface area (Å²) in [6, 6.07) is 6.28. The Bertz CT molecular complexity index is 549. The lowest BCUT2D eigenvalue weighted by atomic mass is 10.2. The maximum atomic E-state index is 12.2. The van der Waals surface area contributed by atoms with Gasteiger partial charge in [-0.05, 0) is 30.4 Å². The summed E-state index contributed by atoms with van der Waals surface area (Å²) in [5.41, 5.74) is -3.41. The molecular weight excluding hydrogens is 305 g/mol. The van der Waals surface area contributed by atoms with E-state index in [1.54, 1.807) is 29.7 Å². The molecule has 0 aliphatic carbocycles. The first kappa shape index (κ1) is 15.3. The molecule has 0 fully saturated rings. The zero-order chi connectivity index (χ0) is 14.6. The third kappa shape index (κ3) is 4.50. The summed E-state index contributed by atoms with van der Waals surface area (Å²) in [6.45, 7) is 3.67. The molecule has 0 radical (unpaired) electrons. The van der Waals surface area contributed by atoms with Crippen LogP contribution in [0.4, 0.5) is 13.2 Å². The largest absolute Gasteiger partial charge is 0.446 e. The topological polar surface area (TPSA) is 24.9 Å². The van der Waals surface area contributed by atoms with Gasteiger partial charge in [0.2, 0.25) is 0 Å². The fourth-order valence-corrected chi connectivity index (χ4v) is 3.00. The van der Waals surface area contributed by atoms with E-state index in [0.717, 1.165) is 28.5 Å². The van der Waals surface area contributed by atoms with Crippen molar-refractivity contribution in [2.45, 2.75) is 23.9 Å². The number of nitrogens with zero attached hydrogens (tertiary/aromatic N) is 1. The maximum Gasteiger partial charge on any atom is 0.446 e. The van der Waals surface area contributed by atoms with Gasteiger partial charge >= 0.3 is 5.51 Å². The molecule has 2 nitrogen and oxygen atoms in total. The van der Waals surface area contributed by atoms with Crippen LogP contribution in [-0.2, 0) is 6.54 Å². The van der Waals surface area contributed by atoms with Crippen molar-refractivity contribution in [3.63, 3.8) is 0 Å². The van der Waals surface area contributed by atoms with Gasteiger partial charge in [0.05, 0.1) is 0 Å². The number of rotatable bonds is 5. The molecule has 1 aromatic heterocycles. The van der Waals surface area contributed by atoms with E-state index in [4.69, 9.17) is 0 Å². The summed E-state index contributed by atoms with van der Waals surface area (Å²) >= 11 is 1.44. The van der Waals surface area contributed by atoms with Gasteiger partial charge in [-0.15, -0.1) is 11.3 Å². The Morgan fingerprint density at radius 1 is 1.25 bits per heavy atom. The van der Waals surface area contributed by atoms with Crippen molar-refractivity contribution >= 4 is 23.1 Å². The van der Waals surface area contributed by atoms with Crippen molar-refractivity contribution in [1.29, 1.82) is 0 Å². The first-order chi connectivity index (χ1) is 9.48. The van der Waals surface area contributed by atoms with Crippen LogP contribution in [0.3, 0.4) is 0 Å². The van der Waals surface area contributed by atoms with Crippen LogP contribution in [0.15, 0.2) is 35.4 Å². The lowest BCUT2D eigenvalue weighted by Crippen LogP contribution is -2.10. The van der Waals surface area contributed by atoms with Gasteiger partial charge in [0.15, 0.2) is 0 Å². The molecule has 0 spiro atoms. The summed E-state index contributed by atoms with van der Waals surface area (Å²) in [6.07, 6.45) is 1.79. The molecule has 0 bridgehead atoms. The van der Waals surface area contributed by atoms with Crippen molar-refractivity contribution in [1.82, 2.24) is 10.3 Å². The summed E-state index contributed by atoms with van der Waals surface area (Å²) < 4.78 is 36.7. The normalized spacial score (nSPS) is 11.8. The molecule has 1 aromatic carbocycles. The highest BCUT2D eigenvalue weighted by molar-refractivity contribution is 8.00. The monoisotopic (exact) mass is 318 g/mol. The lowest BCUT2D eigenvalue weighted by molar-refractivity contribution is -0.0328. The number of aromatic nitrogens is 1. The van der Waals surface area contributed by atoms with E-state index in [2.05, 4.69) is 10.3 Å². The Kier molecular flexibility index (Phi) is 5.06. The summed E-state index contributed by atoms with van der Waals surface area (Å²) in [7, 11) is 0. The van der Waals surface area contributed by atoms with Crippen molar-refractivity contribution in [3.8, 4) is 10.6 Å². The molecule has 1 heterocycles. The van der Waals surface area contributed by atoms with E-state index in [-0.39, 0.29) is 16.7 Å². The van der Waals surface area contributed by atoms with E-state index >= 15 is 0 Å². The molecule has 0 unspecified atom stereocenters.